The normalized spacial score (nSPS) is 20.3. The van der Waals surface area contributed by atoms with Crippen LogP contribution in [0, 0.1) is 6.92 Å². The predicted molar refractivity (Wildman–Crippen MR) is 144 cm³/mol. The summed E-state index contributed by atoms with van der Waals surface area (Å²) in [6.07, 6.45) is 0. The van der Waals surface area contributed by atoms with Gasteiger partial charge in [-0.25, -0.2) is 9.59 Å². The Labute approximate surface area is 224 Å². The van der Waals surface area contributed by atoms with Crippen LogP contribution in [0.25, 0.3) is 0 Å². The number of hydrogen-bond donors (Lipinski definition) is 1. The number of ether oxygens (including phenoxy) is 2. The molecule has 4 rings (SSSR count). The van der Waals surface area contributed by atoms with Crippen LogP contribution < -0.4 is 10.1 Å². The average molecular weight is 521 g/mol. The van der Waals surface area contributed by atoms with Crippen molar-refractivity contribution < 1.29 is 23.9 Å². The highest BCUT2D eigenvalue weighted by Gasteiger charge is 2.39. The van der Waals surface area contributed by atoms with Gasteiger partial charge in [0, 0.05) is 50.5 Å². The maximum Gasteiger partial charge on any atom is 0.338 e. The van der Waals surface area contributed by atoms with Crippen LogP contribution in [0.2, 0.25) is 0 Å². The highest BCUT2D eigenvalue weighted by atomic mass is 16.5. The van der Waals surface area contributed by atoms with Gasteiger partial charge in [-0.2, -0.15) is 0 Å². The Bertz CT molecular complexity index is 1240. The molecule has 9 nitrogen and oxygen atoms in total. The van der Waals surface area contributed by atoms with Crippen LogP contribution in [0.4, 0.5) is 4.79 Å². The summed E-state index contributed by atoms with van der Waals surface area (Å²) in [6, 6.07) is 13.9. The fourth-order valence-corrected chi connectivity index (χ4v) is 5.15. The Kier molecular flexibility index (Phi) is 8.36. The Balaban J connectivity index is 1.60. The van der Waals surface area contributed by atoms with Crippen molar-refractivity contribution >= 4 is 17.9 Å². The number of carbonyl (C=O) groups is 3. The zero-order chi connectivity index (χ0) is 27.4. The molecule has 0 aliphatic carbocycles. The van der Waals surface area contributed by atoms with E-state index in [0.29, 0.717) is 48.8 Å². The molecule has 2 aromatic carbocycles. The Morgan fingerprint density at radius 3 is 2.55 bits per heavy atom. The van der Waals surface area contributed by atoms with Crippen LogP contribution in [0.3, 0.4) is 0 Å². The van der Waals surface area contributed by atoms with Gasteiger partial charge < -0.3 is 19.7 Å². The lowest BCUT2D eigenvalue weighted by Gasteiger charge is -2.42. The maximum atomic E-state index is 13.3. The van der Waals surface area contributed by atoms with Gasteiger partial charge in [0.05, 0.1) is 25.3 Å². The van der Waals surface area contributed by atoms with Gasteiger partial charge in [0.1, 0.15) is 5.75 Å². The minimum atomic E-state index is -0.609. The zero-order valence-electron chi connectivity index (χ0n) is 22.7. The molecule has 2 atom stereocenters. The van der Waals surface area contributed by atoms with Crippen molar-refractivity contribution in [1.29, 1.82) is 0 Å². The number of carbonyl (C=O) groups excluding carboxylic acids is 3. The fraction of sp³-hybridized carbons (Fsp3) is 0.414. The second-order valence-electron chi connectivity index (χ2n) is 9.69. The van der Waals surface area contributed by atoms with Crippen LogP contribution >= 0.6 is 0 Å². The lowest BCUT2D eigenvalue weighted by molar-refractivity contribution is -0.139. The Morgan fingerprint density at radius 2 is 1.87 bits per heavy atom. The van der Waals surface area contributed by atoms with E-state index in [1.807, 2.05) is 55.1 Å². The molecule has 2 aromatic rings. The lowest BCUT2D eigenvalue weighted by atomic mass is 9.91. The molecule has 0 spiro atoms. The molecule has 1 fully saturated rings. The van der Waals surface area contributed by atoms with E-state index in [-0.39, 0.29) is 24.6 Å². The Hall–Kier alpha value is -3.85. The van der Waals surface area contributed by atoms with Crippen molar-refractivity contribution in [2.75, 3.05) is 46.9 Å². The second-order valence-corrected chi connectivity index (χ2v) is 9.69. The molecule has 0 bridgehead atoms. The summed E-state index contributed by atoms with van der Waals surface area (Å²) in [6.45, 7) is 8.08. The van der Waals surface area contributed by atoms with E-state index >= 15 is 0 Å². The topological polar surface area (TPSA) is 91.4 Å². The molecule has 3 amide bonds. The van der Waals surface area contributed by atoms with E-state index < -0.39 is 12.0 Å². The van der Waals surface area contributed by atoms with Gasteiger partial charge in [-0.15, -0.1) is 0 Å². The van der Waals surface area contributed by atoms with E-state index in [1.54, 1.807) is 33.2 Å². The SMILES string of the molecule is CCOC(=O)C1=C(CN2CCN(C(=O)c3cccc(OC)c3)[C@@H](C)C2)N(C)C(=O)N[C@H]1c1ccccc1C. The number of likely N-dealkylation sites (N-methyl/N-ethyl adjacent to an activating group) is 1. The summed E-state index contributed by atoms with van der Waals surface area (Å²) >= 11 is 0. The van der Waals surface area contributed by atoms with Crippen molar-refractivity contribution in [3.63, 3.8) is 0 Å². The van der Waals surface area contributed by atoms with E-state index in [2.05, 4.69) is 10.2 Å². The second kappa shape index (κ2) is 11.7. The first kappa shape index (κ1) is 27.2. The van der Waals surface area contributed by atoms with Crippen LogP contribution in [0.15, 0.2) is 59.8 Å². The minimum absolute atomic E-state index is 0.0451. The summed E-state index contributed by atoms with van der Waals surface area (Å²) in [5.74, 6) is 0.154. The van der Waals surface area contributed by atoms with Gasteiger partial charge in [-0.1, -0.05) is 30.3 Å². The summed E-state index contributed by atoms with van der Waals surface area (Å²) in [4.78, 5) is 45.1. The number of nitrogens with zero attached hydrogens (tertiary/aromatic N) is 3. The van der Waals surface area contributed by atoms with Crippen molar-refractivity contribution in [3.05, 3.63) is 76.5 Å². The molecule has 1 N–H and O–H groups in total. The zero-order valence-corrected chi connectivity index (χ0v) is 22.7. The van der Waals surface area contributed by atoms with E-state index in [4.69, 9.17) is 9.47 Å². The molecular weight excluding hydrogens is 484 g/mol. The van der Waals surface area contributed by atoms with Crippen molar-refractivity contribution in [3.8, 4) is 5.75 Å². The standard InChI is InChI=1S/C29H36N4O5/c1-6-38-28(35)25-24(31(4)29(36)30-26(25)23-13-8-7-10-19(23)2)18-32-14-15-33(20(3)17-32)27(34)21-11-9-12-22(16-21)37-5/h7-13,16,20,26H,6,14-15,17-18H2,1-5H3,(H,30,36)/t20-,26-/m0/s1. The first-order valence-corrected chi connectivity index (χ1v) is 12.9. The quantitative estimate of drug-likeness (QED) is 0.563. The fourth-order valence-electron chi connectivity index (χ4n) is 5.15. The minimum Gasteiger partial charge on any atom is -0.497 e. The van der Waals surface area contributed by atoms with Crippen molar-refractivity contribution in [1.82, 2.24) is 20.0 Å². The molecule has 1 saturated heterocycles. The van der Waals surface area contributed by atoms with Gasteiger partial charge in [0.2, 0.25) is 0 Å². The molecule has 9 heteroatoms. The maximum absolute atomic E-state index is 13.3. The van der Waals surface area contributed by atoms with Crippen molar-refractivity contribution in [2.24, 2.45) is 0 Å². The third-order valence-electron chi connectivity index (χ3n) is 7.23. The number of esters is 1. The van der Waals surface area contributed by atoms with Crippen LogP contribution in [0.1, 0.15) is 41.4 Å². The molecule has 0 unspecified atom stereocenters. The van der Waals surface area contributed by atoms with Gasteiger partial charge in [0.25, 0.3) is 5.91 Å². The molecule has 202 valence electrons. The van der Waals surface area contributed by atoms with Gasteiger partial charge in [-0.3, -0.25) is 14.6 Å². The van der Waals surface area contributed by atoms with Crippen LogP contribution in [0.5, 0.6) is 5.75 Å². The summed E-state index contributed by atoms with van der Waals surface area (Å²) < 4.78 is 10.7. The van der Waals surface area contributed by atoms with Gasteiger partial charge >= 0.3 is 12.0 Å². The predicted octanol–water partition coefficient (Wildman–Crippen LogP) is 3.36. The van der Waals surface area contributed by atoms with Gasteiger partial charge in [-0.05, 0) is 50.1 Å². The molecule has 38 heavy (non-hydrogen) atoms. The van der Waals surface area contributed by atoms with Crippen LogP contribution in [-0.4, -0.2) is 85.6 Å². The number of rotatable bonds is 7. The number of piperazine rings is 1. The number of urea groups is 1. The number of hydrogen-bond acceptors (Lipinski definition) is 6. The summed E-state index contributed by atoms with van der Waals surface area (Å²) in [7, 11) is 3.25. The summed E-state index contributed by atoms with van der Waals surface area (Å²) in [5, 5.41) is 2.98. The van der Waals surface area contributed by atoms with E-state index in [9.17, 15) is 14.4 Å². The largest absolute Gasteiger partial charge is 0.497 e. The monoisotopic (exact) mass is 520 g/mol. The molecule has 0 saturated carbocycles. The highest BCUT2D eigenvalue weighted by Crippen LogP contribution is 2.33. The third-order valence-corrected chi connectivity index (χ3v) is 7.23. The smallest absolute Gasteiger partial charge is 0.338 e. The number of nitrogens with one attached hydrogen (secondary N) is 1. The molecule has 0 aromatic heterocycles. The molecule has 2 aliphatic rings. The average Bonchev–Trinajstić information content (AvgIpc) is 2.91. The van der Waals surface area contributed by atoms with Gasteiger partial charge in [0.15, 0.2) is 0 Å². The third kappa shape index (κ3) is 5.52. The Morgan fingerprint density at radius 1 is 1.11 bits per heavy atom. The van der Waals surface area contributed by atoms with E-state index in [1.165, 1.54) is 4.90 Å². The lowest BCUT2D eigenvalue weighted by Crippen LogP contribution is -2.56. The molecule has 0 radical (unpaired) electrons. The summed E-state index contributed by atoms with van der Waals surface area (Å²) in [5.41, 5.74) is 3.46. The number of benzene rings is 2. The number of amides is 3. The number of methoxy groups -OCH3 is 1. The van der Waals surface area contributed by atoms with Crippen molar-refractivity contribution in [2.45, 2.75) is 32.9 Å². The molecule has 2 aliphatic heterocycles. The van der Waals surface area contributed by atoms with Crippen LogP contribution in [-0.2, 0) is 9.53 Å². The number of aryl methyl sites for hydroxylation is 1. The first-order chi connectivity index (χ1) is 18.2. The van der Waals surface area contributed by atoms with E-state index in [0.717, 1.165) is 11.1 Å². The molecule has 2 heterocycles. The highest BCUT2D eigenvalue weighted by molar-refractivity contribution is 5.96. The first-order valence-electron chi connectivity index (χ1n) is 12.9. The molecular formula is C29H36N4O5.